The first-order valence-corrected chi connectivity index (χ1v) is 15.6. The normalized spacial score (nSPS) is 12.5. The number of rotatable bonds is 10. The summed E-state index contributed by atoms with van der Waals surface area (Å²) in [5, 5.41) is 3.80. The van der Waals surface area contributed by atoms with E-state index in [1.165, 1.54) is 35.2 Å². The summed E-state index contributed by atoms with van der Waals surface area (Å²) in [4.78, 5) is 28.9. The number of nitrogens with zero attached hydrogens (tertiary/aromatic N) is 2. The third-order valence-corrected chi connectivity index (χ3v) is 8.80. The minimum atomic E-state index is -4.27. The first-order chi connectivity index (χ1) is 19.1. The molecule has 0 radical (unpaired) electrons. The van der Waals surface area contributed by atoms with Crippen molar-refractivity contribution in [3.8, 4) is 0 Å². The van der Waals surface area contributed by atoms with Gasteiger partial charge in [-0.2, -0.15) is 0 Å². The van der Waals surface area contributed by atoms with E-state index in [4.69, 9.17) is 34.8 Å². The lowest BCUT2D eigenvalue weighted by Crippen LogP contribution is -2.55. The van der Waals surface area contributed by atoms with Crippen LogP contribution in [0.5, 0.6) is 0 Å². The number of amides is 2. The Kier molecular flexibility index (Phi) is 10.7. The Morgan fingerprint density at radius 2 is 1.49 bits per heavy atom. The zero-order valence-corrected chi connectivity index (χ0v) is 26.7. The molecule has 0 saturated heterocycles. The van der Waals surface area contributed by atoms with Gasteiger partial charge in [0.15, 0.2) is 0 Å². The van der Waals surface area contributed by atoms with Crippen LogP contribution in [0, 0.1) is 6.92 Å². The molecule has 0 aliphatic carbocycles. The molecule has 220 valence electrons. The van der Waals surface area contributed by atoms with Gasteiger partial charge in [0.1, 0.15) is 12.6 Å². The number of carbonyl (C=O) groups is 2. The van der Waals surface area contributed by atoms with E-state index >= 15 is 0 Å². The van der Waals surface area contributed by atoms with Crippen molar-refractivity contribution in [3.63, 3.8) is 0 Å². The summed E-state index contributed by atoms with van der Waals surface area (Å²) in [6.07, 6.45) is 0.296. The largest absolute Gasteiger partial charge is 0.350 e. The van der Waals surface area contributed by atoms with Crippen LogP contribution < -0.4 is 9.62 Å². The lowest BCUT2D eigenvalue weighted by Gasteiger charge is -2.35. The molecule has 3 rings (SSSR count). The van der Waals surface area contributed by atoms with Gasteiger partial charge >= 0.3 is 0 Å². The van der Waals surface area contributed by atoms with E-state index in [2.05, 4.69) is 5.32 Å². The summed E-state index contributed by atoms with van der Waals surface area (Å²) in [6.45, 7) is 8.61. The molecule has 0 aliphatic heterocycles. The number of aryl methyl sites for hydroxylation is 1. The molecular weight excluding hydrogens is 605 g/mol. The number of hydrogen-bond donors (Lipinski definition) is 1. The van der Waals surface area contributed by atoms with Crippen molar-refractivity contribution in [1.29, 1.82) is 0 Å². The second kappa shape index (κ2) is 13.5. The highest BCUT2D eigenvalue weighted by atomic mass is 35.5. The molecule has 0 aliphatic rings. The molecule has 0 saturated carbocycles. The minimum absolute atomic E-state index is 0.0197. The van der Waals surface area contributed by atoms with E-state index in [1.54, 1.807) is 43.3 Å². The molecule has 11 heteroatoms. The van der Waals surface area contributed by atoms with Crippen LogP contribution in [0.4, 0.5) is 5.69 Å². The van der Waals surface area contributed by atoms with Crippen molar-refractivity contribution in [2.24, 2.45) is 0 Å². The average molecular weight is 639 g/mol. The lowest BCUT2D eigenvalue weighted by molar-refractivity contribution is -0.141. The van der Waals surface area contributed by atoms with E-state index in [9.17, 15) is 18.0 Å². The highest BCUT2D eigenvalue weighted by molar-refractivity contribution is 7.92. The predicted octanol–water partition coefficient (Wildman–Crippen LogP) is 6.87. The number of halogens is 3. The minimum Gasteiger partial charge on any atom is -0.350 e. The summed E-state index contributed by atoms with van der Waals surface area (Å²) in [5.41, 5.74) is 1.09. The Morgan fingerprint density at radius 3 is 2.05 bits per heavy atom. The van der Waals surface area contributed by atoms with Gasteiger partial charge in [0.2, 0.25) is 11.8 Å². The van der Waals surface area contributed by atoms with Crippen molar-refractivity contribution >= 4 is 62.3 Å². The highest BCUT2D eigenvalue weighted by Crippen LogP contribution is 2.33. The third-order valence-electron chi connectivity index (χ3n) is 6.22. The number of hydrogen-bond acceptors (Lipinski definition) is 4. The highest BCUT2D eigenvalue weighted by Gasteiger charge is 2.35. The second-order valence-corrected chi connectivity index (χ2v) is 13.9. The standard InChI is InChI=1S/C30H34Cl3N3O4S/c1-6-26(29(38)34-30(3,4)5)35(18-21-9-11-22(31)12-10-21)28(37)19-36(27-17-23(32)13-16-25(27)33)41(39,40)24-14-7-20(2)8-15-24/h7-17,26H,6,18-19H2,1-5H3,(H,34,38)/t26-/m0/s1. The maximum absolute atomic E-state index is 14.1. The van der Waals surface area contributed by atoms with Gasteiger partial charge in [-0.3, -0.25) is 13.9 Å². The van der Waals surface area contributed by atoms with Gasteiger partial charge in [-0.1, -0.05) is 71.6 Å². The lowest BCUT2D eigenvalue weighted by atomic mass is 10.1. The van der Waals surface area contributed by atoms with Crippen LogP contribution in [0.15, 0.2) is 71.6 Å². The van der Waals surface area contributed by atoms with Crippen LogP contribution in [0.1, 0.15) is 45.2 Å². The number of carbonyl (C=O) groups excluding carboxylic acids is 2. The number of anilines is 1. The van der Waals surface area contributed by atoms with Crippen molar-refractivity contribution in [2.75, 3.05) is 10.8 Å². The van der Waals surface area contributed by atoms with Crippen molar-refractivity contribution < 1.29 is 18.0 Å². The van der Waals surface area contributed by atoms with E-state index in [0.29, 0.717) is 11.4 Å². The number of nitrogens with one attached hydrogen (secondary N) is 1. The second-order valence-electron chi connectivity index (χ2n) is 10.7. The van der Waals surface area contributed by atoms with Gasteiger partial charge in [0.25, 0.3) is 10.0 Å². The molecule has 0 fully saturated rings. The molecule has 1 N–H and O–H groups in total. The fraction of sp³-hybridized carbons (Fsp3) is 0.333. The number of sulfonamides is 1. The summed E-state index contributed by atoms with van der Waals surface area (Å²) in [5.74, 6) is -0.946. The first kappa shape index (κ1) is 32.7. The smallest absolute Gasteiger partial charge is 0.264 e. The first-order valence-electron chi connectivity index (χ1n) is 13.0. The van der Waals surface area contributed by atoms with Crippen LogP contribution in [0.2, 0.25) is 15.1 Å². The molecule has 1 atom stereocenters. The molecule has 0 heterocycles. The third kappa shape index (κ3) is 8.61. The van der Waals surface area contributed by atoms with Crippen molar-refractivity contribution in [2.45, 2.75) is 64.1 Å². The van der Waals surface area contributed by atoms with Crippen molar-refractivity contribution in [3.05, 3.63) is 92.9 Å². The summed E-state index contributed by atoms with van der Waals surface area (Å²) in [6, 6.07) is 16.7. The summed E-state index contributed by atoms with van der Waals surface area (Å²) < 4.78 is 28.9. The monoisotopic (exact) mass is 637 g/mol. The molecule has 41 heavy (non-hydrogen) atoms. The van der Waals surface area contributed by atoms with E-state index in [0.717, 1.165) is 15.4 Å². The quantitative estimate of drug-likeness (QED) is 0.263. The van der Waals surface area contributed by atoms with Crippen LogP contribution in [0.25, 0.3) is 0 Å². The van der Waals surface area contributed by atoms with Gasteiger partial charge in [-0.05, 0) is 82.1 Å². The molecule has 3 aromatic carbocycles. The molecule has 0 unspecified atom stereocenters. The summed E-state index contributed by atoms with van der Waals surface area (Å²) >= 11 is 18.8. The molecule has 7 nitrogen and oxygen atoms in total. The zero-order chi connectivity index (χ0) is 30.5. The predicted molar refractivity (Wildman–Crippen MR) is 166 cm³/mol. The van der Waals surface area contributed by atoms with Crippen LogP contribution >= 0.6 is 34.8 Å². The maximum Gasteiger partial charge on any atom is 0.264 e. The Bertz CT molecular complexity index is 1490. The van der Waals surface area contributed by atoms with E-state index in [1.807, 2.05) is 27.7 Å². The van der Waals surface area contributed by atoms with Gasteiger partial charge in [-0.25, -0.2) is 8.42 Å². The zero-order valence-electron chi connectivity index (χ0n) is 23.6. The van der Waals surface area contributed by atoms with Gasteiger partial charge in [0, 0.05) is 22.1 Å². The molecule has 0 bridgehead atoms. The van der Waals surface area contributed by atoms with Crippen LogP contribution in [-0.2, 0) is 26.2 Å². The van der Waals surface area contributed by atoms with Gasteiger partial charge in [-0.15, -0.1) is 0 Å². The van der Waals surface area contributed by atoms with E-state index < -0.39 is 34.1 Å². The molecule has 2 amide bonds. The SMILES string of the molecule is CC[C@@H](C(=O)NC(C)(C)C)N(Cc1ccc(Cl)cc1)C(=O)CN(c1cc(Cl)ccc1Cl)S(=O)(=O)c1ccc(C)cc1. The molecule has 0 spiro atoms. The van der Waals surface area contributed by atoms with E-state index in [-0.39, 0.29) is 33.1 Å². The molecule has 3 aromatic rings. The Balaban J connectivity index is 2.11. The van der Waals surface area contributed by atoms with Crippen LogP contribution in [-0.4, -0.2) is 43.3 Å². The fourth-order valence-corrected chi connectivity index (χ4v) is 6.17. The topological polar surface area (TPSA) is 86.8 Å². The Morgan fingerprint density at radius 1 is 0.902 bits per heavy atom. The molecule has 0 aromatic heterocycles. The van der Waals surface area contributed by atoms with Crippen LogP contribution in [0.3, 0.4) is 0 Å². The molecular formula is C30H34Cl3N3O4S. The number of benzene rings is 3. The van der Waals surface area contributed by atoms with Gasteiger partial charge in [0.05, 0.1) is 15.6 Å². The van der Waals surface area contributed by atoms with Crippen molar-refractivity contribution in [1.82, 2.24) is 10.2 Å². The van der Waals surface area contributed by atoms with Gasteiger partial charge < -0.3 is 10.2 Å². The fourth-order valence-electron chi connectivity index (χ4n) is 4.19. The maximum atomic E-state index is 14.1. The summed E-state index contributed by atoms with van der Waals surface area (Å²) in [7, 11) is -4.27. The average Bonchev–Trinajstić information content (AvgIpc) is 2.89. The Hall–Kier alpha value is -2.78. The Labute approximate surface area is 257 Å².